The summed E-state index contributed by atoms with van der Waals surface area (Å²) in [5, 5.41) is 10.3. The van der Waals surface area contributed by atoms with Crippen molar-refractivity contribution in [1.29, 1.82) is 0 Å². The second kappa shape index (κ2) is 6.04. The summed E-state index contributed by atoms with van der Waals surface area (Å²) in [5.74, 6) is -0.0696. The number of aliphatic hydroxyl groups is 1. The van der Waals surface area contributed by atoms with Gasteiger partial charge in [0.2, 0.25) is 0 Å². The summed E-state index contributed by atoms with van der Waals surface area (Å²) in [6, 6.07) is 11.6. The Morgan fingerprint density at radius 3 is 2.58 bits per heavy atom. The molecule has 100 valence electrons. The topological polar surface area (TPSA) is 29.5 Å². The monoisotopic (exact) mass is 280 g/mol. The molecule has 0 saturated carbocycles. The highest BCUT2D eigenvalue weighted by molar-refractivity contribution is 6.30. The molecule has 0 spiro atoms. The summed E-state index contributed by atoms with van der Waals surface area (Å²) in [6.45, 7) is 2.32. The van der Waals surface area contributed by atoms with E-state index in [0.717, 1.165) is 0 Å². The number of halogens is 2. The van der Waals surface area contributed by atoms with Gasteiger partial charge >= 0.3 is 0 Å². The first-order chi connectivity index (χ1) is 9.15. The van der Waals surface area contributed by atoms with Crippen molar-refractivity contribution in [3.8, 4) is 5.75 Å². The maximum Gasteiger partial charge on any atom is 0.147 e. The highest BCUT2D eigenvalue weighted by Gasteiger charge is 2.19. The smallest absolute Gasteiger partial charge is 0.147 e. The van der Waals surface area contributed by atoms with Crippen LogP contribution in [-0.4, -0.2) is 11.7 Å². The molecule has 0 bridgehead atoms. The molecular formula is C15H14ClFO2. The van der Waals surface area contributed by atoms with Crippen molar-refractivity contribution in [2.45, 2.75) is 13.0 Å². The zero-order valence-corrected chi connectivity index (χ0v) is 11.2. The molecule has 1 N–H and O–H groups in total. The highest BCUT2D eigenvalue weighted by atomic mass is 35.5. The molecule has 0 heterocycles. The molecule has 4 heteroatoms. The first kappa shape index (κ1) is 13.8. The number of rotatable bonds is 4. The van der Waals surface area contributed by atoms with Crippen LogP contribution in [0.25, 0.3) is 0 Å². The van der Waals surface area contributed by atoms with Crippen LogP contribution in [-0.2, 0) is 0 Å². The van der Waals surface area contributed by atoms with E-state index in [0.29, 0.717) is 17.9 Å². The molecule has 2 rings (SSSR count). The molecule has 1 atom stereocenters. The molecule has 1 unspecified atom stereocenters. The predicted molar refractivity (Wildman–Crippen MR) is 73.1 cm³/mol. The lowest BCUT2D eigenvalue weighted by Crippen LogP contribution is -2.06. The van der Waals surface area contributed by atoms with Gasteiger partial charge in [-0.1, -0.05) is 41.9 Å². The third-order valence-electron chi connectivity index (χ3n) is 2.79. The first-order valence-corrected chi connectivity index (χ1v) is 6.36. The van der Waals surface area contributed by atoms with E-state index in [1.54, 1.807) is 30.3 Å². The van der Waals surface area contributed by atoms with Crippen molar-refractivity contribution in [2.75, 3.05) is 6.61 Å². The number of hydrogen-bond acceptors (Lipinski definition) is 2. The van der Waals surface area contributed by atoms with Gasteiger partial charge in [0.15, 0.2) is 0 Å². The molecule has 0 aliphatic carbocycles. The quantitative estimate of drug-likeness (QED) is 0.918. The number of para-hydroxylation sites is 1. The van der Waals surface area contributed by atoms with Gasteiger partial charge in [-0.05, 0) is 19.1 Å². The molecule has 0 aromatic heterocycles. The Balaban J connectivity index is 2.44. The van der Waals surface area contributed by atoms with Crippen molar-refractivity contribution in [3.05, 3.63) is 64.4 Å². The van der Waals surface area contributed by atoms with Gasteiger partial charge in [0.1, 0.15) is 17.7 Å². The number of hydrogen-bond donors (Lipinski definition) is 1. The van der Waals surface area contributed by atoms with Gasteiger partial charge in [0.25, 0.3) is 0 Å². The second-order valence-electron chi connectivity index (χ2n) is 4.02. The zero-order valence-electron chi connectivity index (χ0n) is 10.4. The summed E-state index contributed by atoms with van der Waals surface area (Å²) >= 11 is 5.73. The van der Waals surface area contributed by atoms with Gasteiger partial charge in [-0.3, -0.25) is 0 Å². The van der Waals surface area contributed by atoms with Crippen LogP contribution < -0.4 is 4.74 Å². The van der Waals surface area contributed by atoms with E-state index in [4.69, 9.17) is 16.3 Å². The first-order valence-electron chi connectivity index (χ1n) is 5.98. The minimum Gasteiger partial charge on any atom is -0.493 e. The van der Waals surface area contributed by atoms with E-state index in [1.807, 2.05) is 6.92 Å². The van der Waals surface area contributed by atoms with E-state index in [2.05, 4.69) is 0 Å². The molecule has 0 saturated heterocycles. The Labute approximate surface area is 116 Å². The fourth-order valence-electron chi connectivity index (χ4n) is 1.89. The van der Waals surface area contributed by atoms with Crippen molar-refractivity contribution in [2.24, 2.45) is 0 Å². The van der Waals surface area contributed by atoms with Crippen molar-refractivity contribution >= 4 is 11.6 Å². The molecule has 0 fully saturated rings. The lowest BCUT2D eigenvalue weighted by Gasteiger charge is -2.16. The van der Waals surface area contributed by atoms with Gasteiger partial charge in [0.05, 0.1) is 11.6 Å². The van der Waals surface area contributed by atoms with Gasteiger partial charge < -0.3 is 9.84 Å². The van der Waals surface area contributed by atoms with E-state index in [-0.39, 0.29) is 10.6 Å². The standard InChI is InChI=1S/C15H14ClFO2/c1-2-19-13-9-4-3-6-10(13)15(18)11-7-5-8-12(16)14(11)17/h3-9,15,18H,2H2,1H3. The normalized spacial score (nSPS) is 12.2. The fourth-order valence-corrected chi connectivity index (χ4v) is 2.07. The Kier molecular flexibility index (Phi) is 4.40. The summed E-state index contributed by atoms with van der Waals surface area (Å²) in [6.07, 6.45) is -1.11. The second-order valence-corrected chi connectivity index (χ2v) is 4.42. The summed E-state index contributed by atoms with van der Waals surface area (Å²) in [5.41, 5.74) is 0.658. The lowest BCUT2D eigenvalue weighted by atomic mass is 10.0. The van der Waals surface area contributed by atoms with Crippen molar-refractivity contribution in [1.82, 2.24) is 0 Å². The van der Waals surface area contributed by atoms with Crippen LogP contribution in [0.4, 0.5) is 4.39 Å². The van der Waals surface area contributed by atoms with Gasteiger partial charge in [-0.15, -0.1) is 0 Å². The fraction of sp³-hybridized carbons (Fsp3) is 0.200. The minimum absolute atomic E-state index is 0.00885. The van der Waals surface area contributed by atoms with E-state index in [9.17, 15) is 9.50 Å². The van der Waals surface area contributed by atoms with E-state index < -0.39 is 11.9 Å². The van der Waals surface area contributed by atoms with Crippen LogP contribution >= 0.6 is 11.6 Å². The Morgan fingerprint density at radius 1 is 1.16 bits per heavy atom. The molecule has 0 amide bonds. The number of ether oxygens (including phenoxy) is 1. The third-order valence-corrected chi connectivity index (χ3v) is 3.08. The molecule has 0 radical (unpaired) electrons. The summed E-state index contributed by atoms with van der Waals surface area (Å²) in [4.78, 5) is 0. The Morgan fingerprint density at radius 2 is 1.84 bits per heavy atom. The van der Waals surface area contributed by atoms with Gasteiger partial charge in [-0.2, -0.15) is 0 Å². The number of aliphatic hydroxyl groups excluding tert-OH is 1. The minimum atomic E-state index is -1.11. The zero-order chi connectivity index (χ0) is 13.8. The van der Waals surface area contributed by atoms with Gasteiger partial charge in [-0.25, -0.2) is 4.39 Å². The largest absolute Gasteiger partial charge is 0.493 e. The molecule has 2 aromatic carbocycles. The summed E-state index contributed by atoms with van der Waals surface area (Å²) < 4.78 is 19.4. The molecule has 2 nitrogen and oxygen atoms in total. The van der Waals surface area contributed by atoms with Crippen LogP contribution in [0.1, 0.15) is 24.2 Å². The predicted octanol–water partition coefficient (Wildman–Crippen LogP) is 3.96. The van der Waals surface area contributed by atoms with Crippen LogP contribution in [0.15, 0.2) is 42.5 Å². The maximum absolute atomic E-state index is 13.9. The van der Waals surface area contributed by atoms with E-state index >= 15 is 0 Å². The van der Waals surface area contributed by atoms with Crippen LogP contribution in [0, 0.1) is 5.82 Å². The average Bonchev–Trinajstić information content (AvgIpc) is 2.42. The van der Waals surface area contributed by atoms with Crippen LogP contribution in [0.3, 0.4) is 0 Å². The van der Waals surface area contributed by atoms with Crippen LogP contribution in [0.2, 0.25) is 5.02 Å². The SMILES string of the molecule is CCOc1ccccc1C(O)c1cccc(Cl)c1F. The molecule has 2 aromatic rings. The molecule has 0 aliphatic rings. The third kappa shape index (κ3) is 2.88. The van der Waals surface area contributed by atoms with Crippen molar-refractivity contribution in [3.63, 3.8) is 0 Å². The lowest BCUT2D eigenvalue weighted by molar-refractivity contribution is 0.207. The molecule has 0 aliphatic heterocycles. The van der Waals surface area contributed by atoms with Crippen molar-refractivity contribution < 1.29 is 14.2 Å². The maximum atomic E-state index is 13.9. The van der Waals surface area contributed by atoms with Crippen LogP contribution in [0.5, 0.6) is 5.75 Å². The van der Waals surface area contributed by atoms with E-state index in [1.165, 1.54) is 12.1 Å². The molecule has 19 heavy (non-hydrogen) atoms. The summed E-state index contributed by atoms with van der Waals surface area (Å²) in [7, 11) is 0. The van der Waals surface area contributed by atoms with Gasteiger partial charge in [0, 0.05) is 11.1 Å². The highest BCUT2D eigenvalue weighted by Crippen LogP contribution is 2.32. The average molecular weight is 281 g/mol. The number of benzene rings is 2. The Hall–Kier alpha value is -1.58. The molecular weight excluding hydrogens is 267 g/mol. The Bertz CT molecular complexity index is 572.